The number of nitrogens with one attached hydrogen (secondary N) is 2. The molecule has 1 heterocycles. The zero-order valence-electron chi connectivity index (χ0n) is 18.7. The molecular weight excluding hydrogens is 468 g/mol. The fourth-order valence-electron chi connectivity index (χ4n) is 3.60. The largest absolute Gasteiger partial charge is 0.456 e. The van der Waals surface area contributed by atoms with E-state index in [9.17, 15) is 14.4 Å². The number of benzene rings is 3. The lowest BCUT2D eigenvalue weighted by molar-refractivity contribution is -0.144. The Morgan fingerprint density at radius 3 is 2.49 bits per heavy atom. The summed E-state index contributed by atoms with van der Waals surface area (Å²) in [7, 11) is 0. The van der Waals surface area contributed by atoms with Gasteiger partial charge >= 0.3 is 12.1 Å². The molecule has 0 radical (unpaired) electrons. The minimum absolute atomic E-state index is 0.0504. The fourth-order valence-corrected chi connectivity index (χ4v) is 3.79. The van der Waals surface area contributed by atoms with Crippen LogP contribution in [0.15, 0.2) is 85.1 Å². The van der Waals surface area contributed by atoms with Crippen molar-refractivity contribution >= 4 is 40.3 Å². The van der Waals surface area contributed by atoms with Gasteiger partial charge in [-0.05, 0) is 29.3 Å². The van der Waals surface area contributed by atoms with Crippen molar-refractivity contribution < 1.29 is 23.9 Å². The maximum atomic E-state index is 12.9. The number of ether oxygens (including phenoxy) is 2. The molecule has 1 atom stereocenters. The van der Waals surface area contributed by atoms with E-state index < -0.39 is 30.5 Å². The van der Waals surface area contributed by atoms with Crippen LogP contribution in [0.2, 0.25) is 5.02 Å². The summed E-state index contributed by atoms with van der Waals surface area (Å²) in [5, 5.41) is 3.90. The van der Waals surface area contributed by atoms with Gasteiger partial charge in [-0.1, -0.05) is 72.3 Å². The molecule has 0 saturated heterocycles. The van der Waals surface area contributed by atoms with Gasteiger partial charge in [-0.2, -0.15) is 0 Å². The average Bonchev–Trinajstić information content (AvgIpc) is 3.29. The lowest BCUT2D eigenvalue weighted by Crippen LogP contribution is -2.44. The van der Waals surface area contributed by atoms with E-state index in [2.05, 4.69) is 10.3 Å². The minimum atomic E-state index is -1.07. The van der Waals surface area contributed by atoms with Crippen LogP contribution in [0.25, 0.3) is 10.9 Å². The molecule has 178 valence electrons. The van der Waals surface area contributed by atoms with Gasteiger partial charge in [0, 0.05) is 34.1 Å². The van der Waals surface area contributed by atoms with Crippen LogP contribution in [0, 0.1) is 0 Å². The molecule has 3 aromatic carbocycles. The number of carbonyl (C=O) groups excluding carboxylic acids is 3. The fraction of sp³-hybridized carbons (Fsp3) is 0.148. The SMILES string of the molecule is O=C(N[C@@H](Cc1c[nH]c2ccccc12)C(=O)OCC(=O)c1cccc(Cl)c1)OCc1ccccc1. The van der Waals surface area contributed by atoms with Crippen LogP contribution in [0.5, 0.6) is 0 Å². The third-order valence-corrected chi connectivity index (χ3v) is 5.62. The summed E-state index contributed by atoms with van der Waals surface area (Å²) in [6, 6.07) is 22.1. The van der Waals surface area contributed by atoms with Crippen molar-refractivity contribution in [1.82, 2.24) is 10.3 Å². The number of halogens is 1. The van der Waals surface area contributed by atoms with E-state index in [-0.39, 0.29) is 13.0 Å². The van der Waals surface area contributed by atoms with Gasteiger partial charge in [0.2, 0.25) is 0 Å². The Bertz CT molecular complexity index is 1340. The van der Waals surface area contributed by atoms with Gasteiger partial charge in [0.1, 0.15) is 12.6 Å². The third-order valence-electron chi connectivity index (χ3n) is 5.38. The molecule has 8 heteroatoms. The molecule has 0 spiro atoms. The number of amides is 1. The summed E-state index contributed by atoms with van der Waals surface area (Å²) < 4.78 is 10.5. The number of hydrogen-bond acceptors (Lipinski definition) is 5. The predicted octanol–water partition coefficient (Wildman–Crippen LogP) is 5.08. The summed E-state index contributed by atoms with van der Waals surface area (Å²) in [4.78, 5) is 41.0. The van der Waals surface area contributed by atoms with Crippen LogP contribution >= 0.6 is 11.6 Å². The number of Topliss-reactive ketones (excluding diaryl/α,β-unsaturated/α-hetero) is 1. The Labute approximate surface area is 207 Å². The van der Waals surface area contributed by atoms with Crippen molar-refractivity contribution in [2.45, 2.75) is 19.1 Å². The zero-order chi connectivity index (χ0) is 24.6. The van der Waals surface area contributed by atoms with E-state index in [0.29, 0.717) is 10.6 Å². The molecule has 0 aliphatic carbocycles. The number of aromatic amines is 1. The second kappa shape index (κ2) is 11.4. The number of carbonyl (C=O) groups is 3. The average molecular weight is 491 g/mol. The van der Waals surface area contributed by atoms with E-state index in [0.717, 1.165) is 22.0 Å². The number of fused-ring (bicyclic) bond motifs is 1. The molecule has 35 heavy (non-hydrogen) atoms. The monoisotopic (exact) mass is 490 g/mol. The topological polar surface area (TPSA) is 97.5 Å². The van der Waals surface area contributed by atoms with Crippen molar-refractivity contribution in [2.24, 2.45) is 0 Å². The van der Waals surface area contributed by atoms with Gasteiger partial charge < -0.3 is 19.8 Å². The van der Waals surface area contributed by atoms with Crippen LogP contribution in [-0.4, -0.2) is 35.5 Å². The number of hydrogen-bond donors (Lipinski definition) is 2. The molecule has 0 fully saturated rings. The van der Waals surface area contributed by atoms with Crippen molar-refractivity contribution in [1.29, 1.82) is 0 Å². The van der Waals surface area contributed by atoms with Gasteiger partial charge in [-0.15, -0.1) is 0 Å². The van der Waals surface area contributed by atoms with Crippen LogP contribution in [0.1, 0.15) is 21.5 Å². The van der Waals surface area contributed by atoms with Gasteiger partial charge in [0.25, 0.3) is 0 Å². The van der Waals surface area contributed by atoms with E-state index in [1.165, 1.54) is 6.07 Å². The van der Waals surface area contributed by atoms with E-state index in [1.807, 2.05) is 54.6 Å². The molecule has 0 aliphatic heterocycles. The van der Waals surface area contributed by atoms with Gasteiger partial charge in [-0.25, -0.2) is 9.59 Å². The van der Waals surface area contributed by atoms with Crippen LogP contribution in [0.4, 0.5) is 4.79 Å². The molecule has 1 aromatic heterocycles. The number of ketones is 1. The molecule has 4 aromatic rings. The molecule has 0 unspecified atom stereocenters. The standard InChI is InChI=1S/C27H23ClN2O5/c28-21-10-6-9-19(13-21)25(31)17-34-26(32)24(14-20-15-29-23-12-5-4-11-22(20)23)30-27(33)35-16-18-7-2-1-3-8-18/h1-13,15,24,29H,14,16-17H2,(H,30,33)/t24-/m0/s1. The second-order valence-electron chi connectivity index (χ2n) is 7.86. The third kappa shape index (κ3) is 6.49. The number of para-hydroxylation sites is 1. The predicted molar refractivity (Wildman–Crippen MR) is 132 cm³/mol. The first-order valence-electron chi connectivity index (χ1n) is 11.0. The summed E-state index contributed by atoms with van der Waals surface area (Å²) in [6.07, 6.45) is 1.16. The molecule has 0 saturated carbocycles. The van der Waals surface area contributed by atoms with Gasteiger partial charge in [0.15, 0.2) is 12.4 Å². The Kier molecular flexibility index (Phi) is 7.80. The smallest absolute Gasteiger partial charge is 0.408 e. The van der Waals surface area contributed by atoms with Crippen molar-refractivity contribution in [3.63, 3.8) is 0 Å². The number of alkyl carbamates (subject to hydrolysis) is 1. The highest BCUT2D eigenvalue weighted by atomic mass is 35.5. The summed E-state index contributed by atoms with van der Waals surface area (Å²) in [6.45, 7) is -0.431. The highest BCUT2D eigenvalue weighted by molar-refractivity contribution is 6.31. The number of esters is 1. The van der Waals surface area contributed by atoms with E-state index in [4.69, 9.17) is 21.1 Å². The molecule has 0 bridgehead atoms. The maximum absolute atomic E-state index is 12.9. The second-order valence-corrected chi connectivity index (χ2v) is 8.30. The number of rotatable bonds is 9. The summed E-state index contributed by atoms with van der Waals surface area (Å²) >= 11 is 5.94. The quantitative estimate of drug-likeness (QED) is 0.252. The van der Waals surface area contributed by atoms with Crippen LogP contribution in [-0.2, 0) is 27.3 Å². The lowest BCUT2D eigenvalue weighted by atomic mass is 10.1. The van der Waals surface area contributed by atoms with Crippen molar-refractivity contribution in [3.05, 3.63) is 107 Å². The molecule has 4 rings (SSSR count). The van der Waals surface area contributed by atoms with E-state index in [1.54, 1.807) is 24.4 Å². The molecule has 2 N–H and O–H groups in total. The summed E-state index contributed by atoms with van der Waals surface area (Å²) in [5.74, 6) is -1.15. The van der Waals surface area contributed by atoms with Crippen molar-refractivity contribution in [2.75, 3.05) is 6.61 Å². The Balaban J connectivity index is 1.44. The van der Waals surface area contributed by atoms with Gasteiger partial charge in [0.05, 0.1) is 0 Å². The molecule has 7 nitrogen and oxygen atoms in total. The molecular formula is C27H23ClN2O5. The normalized spacial score (nSPS) is 11.6. The highest BCUT2D eigenvalue weighted by Crippen LogP contribution is 2.20. The van der Waals surface area contributed by atoms with Crippen LogP contribution < -0.4 is 5.32 Å². The summed E-state index contributed by atoms with van der Waals surface area (Å²) in [5.41, 5.74) is 2.85. The lowest BCUT2D eigenvalue weighted by Gasteiger charge is -2.17. The Hall–Kier alpha value is -4.10. The molecule has 0 aliphatic rings. The Morgan fingerprint density at radius 1 is 0.914 bits per heavy atom. The first-order valence-corrected chi connectivity index (χ1v) is 11.3. The Morgan fingerprint density at radius 2 is 1.69 bits per heavy atom. The molecule has 1 amide bonds. The first-order chi connectivity index (χ1) is 17.0. The first kappa shape index (κ1) is 24.0. The maximum Gasteiger partial charge on any atom is 0.408 e. The number of H-pyrrole nitrogens is 1. The number of aromatic nitrogens is 1. The highest BCUT2D eigenvalue weighted by Gasteiger charge is 2.26. The van der Waals surface area contributed by atoms with E-state index >= 15 is 0 Å². The van der Waals surface area contributed by atoms with Crippen molar-refractivity contribution in [3.8, 4) is 0 Å². The zero-order valence-corrected chi connectivity index (χ0v) is 19.5. The minimum Gasteiger partial charge on any atom is -0.456 e. The van der Waals surface area contributed by atoms with Gasteiger partial charge in [-0.3, -0.25) is 4.79 Å². The van der Waals surface area contributed by atoms with Crippen LogP contribution in [0.3, 0.4) is 0 Å².